The summed E-state index contributed by atoms with van der Waals surface area (Å²) in [6.07, 6.45) is 3.11. The summed E-state index contributed by atoms with van der Waals surface area (Å²) in [6, 6.07) is 4.39. The van der Waals surface area contributed by atoms with Crippen LogP contribution in [0.2, 0.25) is 0 Å². The van der Waals surface area contributed by atoms with Crippen LogP contribution in [-0.2, 0) is 4.79 Å². The van der Waals surface area contributed by atoms with Gasteiger partial charge in [-0.3, -0.25) is 4.79 Å². The molecule has 1 heterocycles. The van der Waals surface area contributed by atoms with E-state index in [-0.39, 0.29) is 35.4 Å². The summed E-state index contributed by atoms with van der Waals surface area (Å²) >= 11 is 0. The Hall–Kier alpha value is -1.33. The fourth-order valence-electron chi connectivity index (χ4n) is 3.16. The summed E-state index contributed by atoms with van der Waals surface area (Å²) < 4.78 is 18.2. The first kappa shape index (κ1) is 16.0. The second-order valence-corrected chi connectivity index (χ2v) is 5.71. The lowest BCUT2D eigenvalue weighted by molar-refractivity contribution is -0.118. The minimum absolute atomic E-state index is 0. The molecule has 1 saturated carbocycles. The molecular formula is C15H20ClFN2O2. The fourth-order valence-corrected chi connectivity index (χ4v) is 3.16. The van der Waals surface area contributed by atoms with Gasteiger partial charge in [-0.05, 0) is 49.9 Å². The van der Waals surface area contributed by atoms with Crippen molar-refractivity contribution in [2.24, 2.45) is 11.3 Å². The van der Waals surface area contributed by atoms with Gasteiger partial charge < -0.3 is 15.4 Å². The highest BCUT2D eigenvalue weighted by Gasteiger charge is 2.57. The van der Waals surface area contributed by atoms with Crippen molar-refractivity contribution in [2.75, 3.05) is 25.5 Å². The van der Waals surface area contributed by atoms with Crippen LogP contribution >= 0.6 is 12.4 Å². The number of benzene rings is 1. The van der Waals surface area contributed by atoms with E-state index in [1.54, 1.807) is 6.07 Å². The topological polar surface area (TPSA) is 50.4 Å². The van der Waals surface area contributed by atoms with Gasteiger partial charge in [-0.25, -0.2) is 4.39 Å². The highest BCUT2D eigenvalue weighted by molar-refractivity contribution is 5.95. The van der Waals surface area contributed by atoms with Crippen molar-refractivity contribution < 1.29 is 13.9 Å². The minimum Gasteiger partial charge on any atom is -0.494 e. The molecule has 4 nitrogen and oxygen atoms in total. The number of hydrogen-bond acceptors (Lipinski definition) is 3. The van der Waals surface area contributed by atoms with Crippen LogP contribution in [-0.4, -0.2) is 26.1 Å². The van der Waals surface area contributed by atoms with E-state index in [2.05, 4.69) is 10.6 Å². The Morgan fingerprint density at radius 3 is 2.81 bits per heavy atom. The van der Waals surface area contributed by atoms with Crippen molar-refractivity contribution >= 4 is 24.0 Å². The Balaban J connectivity index is 0.00000161. The quantitative estimate of drug-likeness (QED) is 0.901. The van der Waals surface area contributed by atoms with Gasteiger partial charge in [-0.15, -0.1) is 12.4 Å². The number of nitrogens with one attached hydrogen (secondary N) is 2. The molecule has 0 radical (unpaired) electrons. The van der Waals surface area contributed by atoms with Crippen LogP contribution in [0.4, 0.5) is 10.1 Å². The van der Waals surface area contributed by atoms with Crippen LogP contribution < -0.4 is 15.4 Å². The fraction of sp³-hybridized carbons (Fsp3) is 0.533. The third kappa shape index (κ3) is 3.14. The van der Waals surface area contributed by atoms with Crippen molar-refractivity contribution in [3.8, 4) is 5.75 Å². The Morgan fingerprint density at radius 1 is 1.43 bits per heavy atom. The average Bonchev–Trinajstić information content (AvgIpc) is 3.15. The average molecular weight is 315 g/mol. The van der Waals surface area contributed by atoms with Gasteiger partial charge in [0.1, 0.15) is 0 Å². The lowest BCUT2D eigenvalue weighted by atomic mass is 9.92. The second kappa shape index (κ2) is 6.20. The van der Waals surface area contributed by atoms with E-state index in [9.17, 15) is 9.18 Å². The van der Waals surface area contributed by atoms with Crippen molar-refractivity contribution in [1.29, 1.82) is 0 Å². The summed E-state index contributed by atoms with van der Waals surface area (Å²) in [6.45, 7) is 1.99. The van der Waals surface area contributed by atoms with Crippen LogP contribution in [0.25, 0.3) is 0 Å². The molecule has 0 bridgehead atoms. The molecule has 1 aromatic carbocycles. The van der Waals surface area contributed by atoms with Gasteiger partial charge in [-0.2, -0.15) is 0 Å². The number of methoxy groups -OCH3 is 1. The van der Waals surface area contributed by atoms with Gasteiger partial charge in [-0.1, -0.05) is 0 Å². The zero-order valence-electron chi connectivity index (χ0n) is 11.9. The molecule has 0 aromatic heterocycles. The van der Waals surface area contributed by atoms with Gasteiger partial charge in [0.25, 0.3) is 0 Å². The molecule has 1 aliphatic carbocycles. The summed E-state index contributed by atoms with van der Waals surface area (Å²) in [7, 11) is 1.41. The smallest absolute Gasteiger partial charge is 0.228 e. The normalized spacial score (nSPS) is 22.3. The maximum Gasteiger partial charge on any atom is 0.228 e. The third-order valence-electron chi connectivity index (χ3n) is 4.52. The molecule has 116 valence electrons. The van der Waals surface area contributed by atoms with Gasteiger partial charge in [0.05, 0.1) is 7.11 Å². The van der Waals surface area contributed by atoms with E-state index in [0.29, 0.717) is 5.69 Å². The number of halogens is 2. The molecule has 1 saturated heterocycles. The van der Waals surface area contributed by atoms with Crippen LogP contribution in [0.1, 0.15) is 19.3 Å². The molecule has 1 amide bonds. The van der Waals surface area contributed by atoms with E-state index in [4.69, 9.17) is 4.74 Å². The zero-order valence-corrected chi connectivity index (χ0v) is 12.8. The van der Waals surface area contributed by atoms with E-state index >= 15 is 0 Å². The Morgan fingerprint density at radius 2 is 2.14 bits per heavy atom. The van der Waals surface area contributed by atoms with Crippen molar-refractivity contribution in [2.45, 2.75) is 19.3 Å². The molecule has 1 unspecified atom stereocenters. The maximum atomic E-state index is 13.3. The van der Waals surface area contributed by atoms with Crippen LogP contribution in [0.3, 0.4) is 0 Å². The number of ether oxygens (including phenoxy) is 1. The molecular weight excluding hydrogens is 295 g/mol. The number of rotatable bonds is 3. The third-order valence-corrected chi connectivity index (χ3v) is 4.52. The van der Waals surface area contributed by atoms with Crippen molar-refractivity contribution in [1.82, 2.24) is 5.32 Å². The van der Waals surface area contributed by atoms with Crippen LogP contribution in [0.15, 0.2) is 18.2 Å². The monoisotopic (exact) mass is 314 g/mol. The van der Waals surface area contributed by atoms with Gasteiger partial charge >= 0.3 is 0 Å². The lowest BCUT2D eigenvalue weighted by Gasteiger charge is -2.23. The molecule has 1 atom stereocenters. The summed E-state index contributed by atoms with van der Waals surface area (Å²) in [5.74, 6) is -0.136. The molecule has 2 N–H and O–H groups in total. The Kier molecular flexibility index (Phi) is 4.74. The first-order valence-corrected chi connectivity index (χ1v) is 7.00. The second-order valence-electron chi connectivity index (χ2n) is 5.71. The molecule has 1 aliphatic heterocycles. The predicted molar refractivity (Wildman–Crippen MR) is 81.5 cm³/mol. The summed E-state index contributed by atoms with van der Waals surface area (Å²) in [5, 5.41) is 6.19. The zero-order chi connectivity index (χ0) is 14.2. The molecule has 21 heavy (non-hydrogen) atoms. The van der Waals surface area contributed by atoms with E-state index < -0.39 is 5.82 Å². The molecule has 6 heteroatoms. The molecule has 1 aromatic rings. The number of anilines is 1. The van der Waals surface area contributed by atoms with Crippen molar-refractivity contribution in [3.63, 3.8) is 0 Å². The predicted octanol–water partition coefficient (Wildman–Crippen LogP) is 2.58. The van der Waals surface area contributed by atoms with E-state index in [0.717, 1.165) is 32.4 Å². The summed E-state index contributed by atoms with van der Waals surface area (Å²) in [4.78, 5) is 12.3. The first-order chi connectivity index (χ1) is 9.64. The minimum atomic E-state index is -0.424. The lowest BCUT2D eigenvalue weighted by Crippen LogP contribution is -2.31. The van der Waals surface area contributed by atoms with Gasteiger partial charge in [0, 0.05) is 17.7 Å². The summed E-state index contributed by atoms with van der Waals surface area (Å²) in [5.41, 5.74) is 0.795. The largest absolute Gasteiger partial charge is 0.494 e. The number of hydrogen-bond donors (Lipinski definition) is 2. The highest BCUT2D eigenvalue weighted by Crippen LogP contribution is 2.58. The SMILES string of the molecule is COc1cc(NC(=O)C2CC23CCNCC3)ccc1F.Cl. The van der Waals surface area contributed by atoms with Gasteiger partial charge in [0.2, 0.25) is 5.91 Å². The molecule has 3 rings (SSSR count). The van der Waals surface area contributed by atoms with E-state index in [1.165, 1.54) is 19.2 Å². The number of amides is 1. The molecule has 1 spiro atoms. The van der Waals surface area contributed by atoms with Crippen molar-refractivity contribution in [3.05, 3.63) is 24.0 Å². The first-order valence-electron chi connectivity index (χ1n) is 7.00. The highest BCUT2D eigenvalue weighted by atomic mass is 35.5. The molecule has 2 aliphatic rings. The van der Waals surface area contributed by atoms with Crippen LogP contribution in [0.5, 0.6) is 5.75 Å². The van der Waals surface area contributed by atoms with Gasteiger partial charge in [0.15, 0.2) is 11.6 Å². The maximum absolute atomic E-state index is 13.3. The number of piperidine rings is 1. The Bertz CT molecular complexity index is 532. The van der Waals surface area contributed by atoms with E-state index in [1.807, 2.05) is 0 Å². The standard InChI is InChI=1S/C15H19FN2O2.ClH/c1-20-13-8-10(2-3-12(13)16)18-14(19)11-9-15(11)4-6-17-7-5-15;/h2-3,8,11,17H,4-7,9H2,1H3,(H,18,19);1H. The van der Waals surface area contributed by atoms with Crippen LogP contribution in [0, 0.1) is 17.2 Å². The number of carbonyl (C=O) groups is 1. The molecule has 2 fully saturated rings. The Labute approximate surface area is 129 Å². The number of carbonyl (C=O) groups excluding carboxylic acids is 1.